The number of aromatic nitrogens is 2. The second-order valence-corrected chi connectivity index (χ2v) is 7.08. The average Bonchev–Trinajstić information content (AvgIpc) is 3.52. The quantitative estimate of drug-likeness (QED) is 0.872. The summed E-state index contributed by atoms with van der Waals surface area (Å²) in [5.41, 5.74) is 1.65. The predicted octanol–water partition coefficient (Wildman–Crippen LogP) is 2.01. The van der Waals surface area contributed by atoms with Crippen molar-refractivity contribution in [1.82, 2.24) is 15.3 Å². The maximum atomic E-state index is 12.3. The molecule has 0 spiro atoms. The van der Waals surface area contributed by atoms with Crippen LogP contribution in [0.3, 0.4) is 0 Å². The zero-order valence-electron chi connectivity index (χ0n) is 15.8. The number of amides is 1. The fourth-order valence-corrected chi connectivity index (χ4v) is 3.30. The summed E-state index contributed by atoms with van der Waals surface area (Å²) in [6.07, 6.45) is 2.13. The Morgan fingerprint density at radius 2 is 1.74 bits per heavy atom. The van der Waals surface area contributed by atoms with E-state index in [2.05, 4.69) is 37.2 Å². The lowest BCUT2D eigenvalue weighted by atomic mass is 10.2. The lowest BCUT2D eigenvalue weighted by molar-refractivity contribution is 0.0945. The first kappa shape index (κ1) is 17.6. The van der Waals surface area contributed by atoms with Gasteiger partial charge in [-0.25, -0.2) is 9.97 Å². The summed E-state index contributed by atoms with van der Waals surface area (Å²) in [5.74, 6) is 2.23. The van der Waals surface area contributed by atoms with Gasteiger partial charge in [0, 0.05) is 44.0 Å². The molecule has 1 saturated heterocycles. The fraction of sp³-hybridized carbons (Fsp3) is 0.450. The number of nitrogens with one attached hydrogen (secondary N) is 1. The molecule has 0 unspecified atom stereocenters. The summed E-state index contributed by atoms with van der Waals surface area (Å²) in [6.45, 7) is 5.35. The minimum atomic E-state index is -0.0962. The molecule has 4 rings (SSSR count). The predicted molar refractivity (Wildman–Crippen MR) is 105 cm³/mol. The first-order valence-electron chi connectivity index (χ1n) is 9.43. The van der Waals surface area contributed by atoms with E-state index in [0.29, 0.717) is 17.6 Å². The maximum Gasteiger partial charge on any atom is 0.270 e. The number of hydrogen-bond acceptors (Lipinski definition) is 6. The molecule has 1 aromatic heterocycles. The van der Waals surface area contributed by atoms with Crippen LogP contribution in [0.25, 0.3) is 0 Å². The van der Waals surface area contributed by atoms with Gasteiger partial charge >= 0.3 is 0 Å². The molecule has 7 nitrogen and oxygen atoms in total. The SMILES string of the molecule is COc1ccc(N2CCN(c3cc(C(=O)NC4CC4)nc(C)n3)CC2)cc1. The monoisotopic (exact) mass is 367 g/mol. The van der Waals surface area contributed by atoms with E-state index in [9.17, 15) is 4.79 Å². The number of ether oxygens (including phenoxy) is 1. The molecule has 1 aliphatic heterocycles. The van der Waals surface area contributed by atoms with Crippen molar-refractivity contribution in [2.24, 2.45) is 0 Å². The molecule has 0 bridgehead atoms. The summed E-state index contributed by atoms with van der Waals surface area (Å²) < 4.78 is 5.23. The molecule has 1 saturated carbocycles. The summed E-state index contributed by atoms with van der Waals surface area (Å²) in [5, 5.41) is 3.00. The van der Waals surface area contributed by atoms with Crippen LogP contribution in [0.2, 0.25) is 0 Å². The molecule has 1 aromatic carbocycles. The molecule has 1 aliphatic carbocycles. The van der Waals surface area contributed by atoms with Crippen molar-refractivity contribution >= 4 is 17.4 Å². The van der Waals surface area contributed by atoms with Crippen LogP contribution >= 0.6 is 0 Å². The molecule has 1 N–H and O–H groups in total. The van der Waals surface area contributed by atoms with Gasteiger partial charge in [0.25, 0.3) is 5.91 Å². The second kappa shape index (κ2) is 7.42. The molecule has 2 aliphatic rings. The number of piperazine rings is 1. The summed E-state index contributed by atoms with van der Waals surface area (Å²) in [7, 11) is 1.68. The number of carbonyl (C=O) groups is 1. The summed E-state index contributed by atoms with van der Waals surface area (Å²) >= 11 is 0. The van der Waals surface area contributed by atoms with Gasteiger partial charge in [0.2, 0.25) is 0 Å². The highest BCUT2D eigenvalue weighted by atomic mass is 16.5. The van der Waals surface area contributed by atoms with Crippen molar-refractivity contribution in [3.05, 3.63) is 41.9 Å². The number of aryl methyl sites for hydroxylation is 1. The van der Waals surface area contributed by atoms with E-state index in [-0.39, 0.29) is 5.91 Å². The smallest absolute Gasteiger partial charge is 0.270 e. The van der Waals surface area contributed by atoms with Crippen molar-refractivity contribution in [2.45, 2.75) is 25.8 Å². The van der Waals surface area contributed by atoms with Gasteiger partial charge in [-0.05, 0) is 44.0 Å². The second-order valence-electron chi connectivity index (χ2n) is 7.08. The summed E-state index contributed by atoms with van der Waals surface area (Å²) in [4.78, 5) is 25.8. The first-order chi connectivity index (χ1) is 13.1. The molecule has 2 fully saturated rings. The standard InChI is InChI=1S/C20H25N5O2/c1-14-21-18(20(26)23-15-3-4-15)13-19(22-14)25-11-9-24(10-12-25)16-5-7-17(27-2)8-6-16/h5-8,13,15H,3-4,9-12H2,1-2H3,(H,23,26). The van der Waals surface area contributed by atoms with E-state index in [1.165, 1.54) is 5.69 Å². The van der Waals surface area contributed by atoms with Crippen molar-refractivity contribution in [1.29, 1.82) is 0 Å². The van der Waals surface area contributed by atoms with E-state index in [1.54, 1.807) is 7.11 Å². The highest BCUT2D eigenvalue weighted by Crippen LogP contribution is 2.23. The molecule has 1 amide bonds. The lowest BCUT2D eigenvalue weighted by Gasteiger charge is -2.36. The number of carbonyl (C=O) groups excluding carboxylic acids is 1. The molecular weight excluding hydrogens is 342 g/mol. The van der Waals surface area contributed by atoms with Gasteiger partial charge in [0.05, 0.1) is 7.11 Å². The van der Waals surface area contributed by atoms with Gasteiger partial charge in [-0.1, -0.05) is 0 Å². The van der Waals surface area contributed by atoms with Gasteiger partial charge in [-0.15, -0.1) is 0 Å². The van der Waals surface area contributed by atoms with Crippen molar-refractivity contribution in [2.75, 3.05) is 43.1 Å². The first-order valence-corrected chi connectivity index (χ1v) is 9.43. The number of hydrogen-bond donors (Lipinski definition) is 1. The number of methoxy groups -OCH3 is 1. The minimum absolute atomic E-state index is 0.0962. The van der Waals surface area contributed by atoms with E-state index in [4.69, 9.17) is 4.74 Å². The zero-order chi connectivity index (χ0) is 18.8. The van der Waals surface area contributed by atoms with Crippen LogP contribution in [-0.2, 0) is 0 Å². The Hall–Kier alpha value is -2.83. The van der Waals surface area contributed by atoms with Crippen molar-refractivity contribution < 1.29 is 9.53 Å². The molecule has 2 aromatic rings. The van der Waals surface area contributed by atoms with Gasteiger partial charge < -0.3 is 19.9 Å². The minimum Gasteiger partial charge on any atom is -0.497 e. The van der Waals surface area contributed by atoms with E-state index >= 15 is 0 Å². The van der Waals surface area contributed by atoms with Gasteiger partial charge in [-0.2, -0.15) is 0 Å². The largest absolute Gasteiger partial charge is 0.497 e. The third kappa shape index (κ3) is 4.13. The van der Waals surface area contributed by atoms with Crippen LogP contribution < -0.4 is 19.9 Å². The van der Waals surface area contributed by atoms with E-state index < -0.39 is 0 Å². The van der Waals surface area contributed by atoms with Crippen molar-refractivity contribution in [3.63, 3.8) is 0 Å². The molecule has 27 heavy (non-hydrogen) atoms. The van der Waals surface area contributed by atoms with Crippen LogP contribution in [-0.4, -0.2) is 55.2 Å². The molecule has 142 valence electrons. The highest BCUT2D eigenvalue weighted by Gasteiger charge is 2.25. The molecular formula is C20H25N5O2. The molecule has 7 heteroatoms. The Kier molecular flexibility index (Phi) is 4.83. The van der Waals surface area contributed by atoms with Crippen LogP contribution in [0.1, 0.15) is 29.2 Å². The Morgan fingerprint density at radius 3 is 2.37 bits per heavy atom. The third-order valence-corrected chi connectivity index (χ3v) is 5.01. The molecule has 0 radical (unpaired) electrons. The number of anilines is 2. The topological polar surface area (TPSA) is 70.6 Å². The highest BCUT2D eigenvalue weighted by molar-refractivity contribution is 5.93. The molecule has 0 atom stereocenters. The normalized spacial score (nSPS) is 17.0. The van der Waals surface area contributed by atoms with Gasteiger partial charge in [-0.3, -0.25) is 4.79 Å². The van der Waals surface area contributed by atoms with Crippen molar-refractivity contribution in [3.8, 4) is 5.75 Å². The molecule has 2 heterocycles. The third-order valence-electron chi connectivity index (χ3n) is 5.01. The lowest BCUT2D eigenvalue weighted by Crippen LogP contribution is -2.47. The average molecular weight is 367 g/mol. The van der Waals surface area contributed by atoms with Crippen LogP contribution in [0.15, 0.2) is 30.3 Å². The number of benzene rings is 1. The van der Waals surface area contributed by atoms with Gasteiger partial charge in [0.1, 0.15) is 23.1 Å². The van der Waals surface area contributed by atoms with Crippen LogP contribution in [0.5, 0.6) is 5.75 Å². The zero-order valence-corrected chi connectivity index (χ0v) is 15.8. The number of rotatable bonds is 5. The van der Waals surface area contributed by atoms with Crippen LogP contribution in [0, 0.1) is 6.92 Å². The Balaban J connectivity index is 1.42. The maximum absolute atomic E-state index is 12.3. The van der Waals surface area contributed by atoms with E-state index in [1.807, 2.05) is 25.1 Å². The number of nitrogens with zero attached hydrogens (tertiary/aromatic N) is 4. The van der Waals surface area contributed by atoms with E-state index in [0.717, 1.165) is 50.6 Å². The Labute approximate surface area is 159 Å². The fourth-order valence-electron chi connectivity index (χ4n) is 3.30. The van der Waals surface area contributed by atoms with Crippen LogP contribution in [0.4, 0.5) is 11.5 Å². The Bertz CT molecular complexity index is 812. The van der Waals surface area contributed by atoms with Gasteiger partial charge in [0.15, 0.2) is 0 Å². The Morgan fingerprint density at radius 1 is 1.07 bits per heavy atom. The summed E-state index contributed by atoms with van der Waals surface area (Å²) in [6, 6.07) is 10.3.